The van der Waals surface area contributed by atoms with Crippen LogP contribution in [0.4, 0.5) is 0 Å². The van der Waals surface area contributed by atoms with Crippen molar-refractivity contribution in [1.29, 1.82) is 0 Å². The first kappa shape index (κ1) is 13.2. The zero-order valence-corrected chi connectivity index (χ0v) is 9.99. The molecule has 1 unspecified atom stereocenters. The summed E-state index contributed by atoms with van der Waals surface area (Å²) in [4.78, 5) is 0. The van der Waals surface area contributed by atoms with Gasteiger partial charge in [0.05, 0.1) is 18.2 Å². The number of ether oxygens (including phenoxy) is 1. The van der Waals surface area contributed by atoms with E-state index < -0.39 is 22.0 Å². The lowest BCUT2D eigenvalue weighted by molar-refractivity contribution is 0.199. The van der Waals surface area contributed by atoms with E-state index in [0.717, 1.165) is 0 Å². The number of benzene rings is 1. The third-order valence-electron chi connectivity index (χ3n) is 1.93. The molecular formula is C9H11ClO5S. The Hall–Kier alpha value is -0.820. The summed E-state index contributed by atoms with van der Waals surface area (Å²) in [7, 11) is -2.78. The lowest BCUT2D eigenvalue weighted by Crippen LogP contribution is -2.13. The Morgan fingerprint density at radius 2 is 2.12 bits per heavy atom. The summed E-state index contributed by atoms with van der Waals surface area (Å²) >= 11 is 5.80. The third kappa shape index (κ3) is 3.64. The fourth-order valence-corrected chi connectivity index (χ4v) is 2.04. The smallest absolute Gasteiger partial charge is 0.267 e. The Morgan fingerprint density at radius 1 is 1.50 bits per heavy atom. The predicted octanol–water partition coefficient (Wildman–Crippen LogP) is 1.27. The summed E-state index contributed by atoms with van der Waals surface area (Å²) in [6, 6.07) is 4.36. The van der Waals surface area contributed by atoms with E-state index in [1.807, 2.05) is 0 Å². The van der Waals surface area contributed by atoms with Gasteiger partial charge in [0.25, 0.3) is 10.1 Å². The molecule has 2 N–H and O–H groups in total. The van der Waals surface area contributed by atoms with Crippen LogP contribution >= 0.6 is 11.6 Å². The number of aliphatic hydroxyl groups excluding tert-OH is 1. The molecule has 1 rings (SSSR count). The molecule has 1 atom stereocenters. The van der Waals surface area contributed by atoms with Crippen molar-refractivity contribution in [3.8, 4) is 5.75 Å². The van der Waals surface area contributed by atoms with Crippen molar-refractivity contribution in [2.24, 2.45) is 0 Å². The van der Waals surface area contributed by atoms with Crippen LogP contribution < -0.4 is 4.74 Å². The van der Waals surface area contributed by atoms with Gasteiger partial charge in [0.2, 0.25) is 0 Å². The molecule has 5 nitrogen and oxygen atoms in total. The summed E-state index contributed by atoms with van der Waals surface area (Å²) < 4.78 is 34.6. The summed E-state index contributed by atoms with van der Waals surface area (Å²) in [5.74, 6) is -0.347. The number of rotatable bonds is 4. The van der Waals surface area contributed by atoms with Gasteiger partial charge in [-0.1, -0.05) is 17.7 Å². The topological polar surface area (TPSA) is 83.8 Å². The monoisotopic (exact) mass is 266 g/mol. The summed E-state index contributed by atoms with van der Waals surface area (Å²) in [6.45, 7) is 0. The van der Waals surface area contributed by atoms with Gasteiger partial charge in [-0.05, 0) is 17.7 Å². The Kier molecular flexibility index (Phi) is 4.15. The first-order valence-electron chi connectivity index (χ1n) is 4.30. The minimum atomic E-state index is -4.22. The van der Waals surface area contributed by atoms with E-state index >= 15 is 0 Å². The lowest BCUT2D eigenvalue weighted by Gasteiger charge is -2.10. The van der Waals surface area contributed by atoms with Crippen molar-refractivity contribution in [1.82, 2.24) is 0 Å². The van der Waals surface area contributed by atoms with E-state index in [1.165, 1.54) is 25.3 Å². The van der Waals surface area contributed by atoms with Crippen LogP contribution in [0, 0.1) is 0 Å². The molecule has 0 spiro atoms. The highest BCUT2D eigenvalue weighted by atomic mass is 35.5. The average molecular weight is 267 g/mol. The van der Waals surface area contributed by atoms with E-state index in [1.54, 1.807) is 0 Å². The second kappa shape index (κ2) is 5.01. The Balaban J connectivity index is 2.93. The highest BCUT2D eigenvalue weighted by Gasteiger charge is 2.17. The Bertz CT molecular complexity index is 471. The number of hydrogen-bond acceptors (Lipinski definition) is 4. The van der Waals surface area contributed by atoms with Crippen LogP contribution in [0.3, 0.4) is 0 Å². The van der Waals surface area contributed by atoms with E-state index in [-0.39, 0.29) is 5.02 Å². The zero-order valence-electron chi connectivity index (χ0n) is 8.42. The maximum Gasteiger partial charge on any atom is 0.267 e. The number of halogens is 1. The van der Waals surface area contributed by atoms with E-state index in [0.29, 0.717) is 11.3 Å². The maximum absolute atomic E-state index is 10.6. The van der Waals surface area contributed by atoms with Gasteiger partial charge < -0.3 is 9.84 Å². The normalized spacial score (nSPS) is 13.5. The van der Waals surface area contributed by atoms with Crippen LogP contribution in [0.25, 0.3) is 0 Å². The fraction of sp³-hybridized carbons (Fsp3) is 0.333. The third-order valence-corrected chi connectivity index (χ3v) is 2.96. The molecule has 0 aliphatic rings. The number of aliphatic hydroxyl groups is 1. The molecule has 0 aliphatic heterocycles. The van der Waals surface area contributed by atoms with Crippen molar-refractivity contribution in [2.45, 2.75) is 6.10 Å². The summed E-state index contributed by atoms with van der Waals surface area (Å²) in [5, 5.41) is 9.76. The molecule has 1 aromatic rings. The Morgan fingerprint density at radius 3 is 2.56 bits per heavy atom. The second-order valence-electron chi connectivity index (χ2n) is 3.16. The SMILES string of the molecule is COc1ccc(C(O)CS(=O)(=O)O)cc1Cl. The van der Waals surface area contributed by atoms with Gasteiger partial charge in [-0.25, -0.2) is 0 Å². The van der Waals surface area contributed by atoms with Crippen LogP contribution in [0.1, 0.15) is 11.7 Å². The molecule has 0 heterocycles. The predicted molar refractivity (Wildman–Crippen MR) is 59.4 cm³/mol. The average Bonchev–Trinajstić information content (AvgIpc) is 2.15. The molecule has 0 saturated heterocycles. The van der Waals surface area contributed by atoms with E-state index in [2.05, 4.69) is 0 Å². The second-order valence-corrected chi connectivity index (χ2v) is 5.06. The summed E-state index contributed by atoms with van der Waals surface area (Å²) in [6.07, 6.45) is -1.32. The van der Waals surface area contributed by atoms with Gasteiger partial charge in [-0.2, -0.15) is 8.42 Å². The Labute approximate surface area is 98.4 Å². The van der Waals surface area contributed by atoms with Crippen molar-refractivity contribution < 1.29 is 22.8 Å². The van der Waals surface area contributed by atoms with Gasteiger partial charge in [0.1, 0.15) is 11.5 Å². The molecule has 0 saturated carbocycles. The highest BCUT2D eigenvalue weighted by Crippen LogP contribution is 2.27. The molecule has 1 aromatic carbocycles. The number of methoxy groups -OCH3 is 1. The van der Waals surface area contributed by atoms with E-state index in [9.17, 15) is 13.5 Å². The van der Waals surface area contributed by atoms with Crippen LogP contribution in [0.5, 0.6) is 5.75 Å². The van der Waals surface area contributed by atoms with Crippen molar-refractivity contribution in [3.05, 3.63) is 28.8 Å². The lowest BCUT2D eigenvalue weighted by atomic mass is 10.1. The van der Waals surface area contributed by atoms with Crippen molar-refractivity contribution in [2.75, 3.05) is 12.9 Å². The first-order chi connectivity index (χ1) is 7.33. The molecular weight excluding hydrogens is 256 g/mol. The largest absolute Gasteiger partial charge is 0.495 e. The van der Waals surface area contributed by atoms with Gasteiger partial charge in [0.15, 0.2) is 0 Å². The molecule has 0 bridgehead atoms. The minimum absolute atomic E-state index is 0.259. The molecule has 0 fully saturated rings. The van der Waals surface area contributed by atoms with Gasteiger partial charge in [-0.15, -0.1) is 0 Å². The van der Waals surface area contributed by atoms with Crippen LogP contribution in [-0.2, 0) is 10.1 Å². The molecule has 7 heteroatoms. The fourth-order valence-electron chi connectivity index (χ4n) is 1.19. The molecule has 0 radical (unpaired) electrons. The quantitative estimate of drug-likeness (QED) is 0.802. The molecule has 0 aliphatic carbocycles. The zero-order chi connectivity index (χ0) is 12.3. The number of hydrogen-bond donors (Lipinski definition) is 2. The molecule has 0 aromatic heterocycles. The van der Waals surface area contributed by atoms with Crippen LogP contribution in [-0.4, -0.2) is 30.9 Å². The molecule has 0 amide bonds. The van der Waals surface area contributed by atoms with Gasteiger partial charge in [-0.3, -0.25) is 4.55 Å². The molecule has 90 valence electrons. The molecule has 16 heavy (non-hydrogen) atoms. The standard InChI is InChI=1S/C9H11ClO5S/c1-15-9-3-2-6(4-7(9)10)8(11)5-16(12,13)14/h2-4,8,11H,5H2,1H3,(H,12,13,14). The minimum Gasteiger partial charge on any atom is -0.495 e. The van der Waals surface area contributed by atoms with Crippen LogP contribution in [0.2, 0.25) is 5.02 Å². The van der Waals surface area contributed by atoms with Crippen LogP contribution in [0.15, 0.2) is 18.2 Å². The van der Waals surface area contributed by atoms with Crippen molar-refractivity contribution in [3.63, 3.8) is 0 Å². The summed E-state index contributed by atoms with van der Waals surface area (Å²) in [5.41, 5.74) is 0.295. The first-order valence-corrected chi connectivity index (χ1v) is 6.29. The van der Waals surface area contributed by atoms with Gasteiger partial charge >= 0.3 is 0 Å². The maximum atomic E-state index is 10.6. The highest BCUT2D eigenvalue weighted by molar-refractivity contribution is 7.85. The van der Waals surface area contributed by atoms with Crippen molar-refractivity contribution >= 4 is 21.7 Å². The van der Waals surface area contributed by atoms with Gasteiger partial charge in [0, 0.05) is 0 Å². The van der Waals surface area contributed by atoms with E-state index in [4.69, 9.17) is 20.9 Å².